The van der Waals surface area contributed by atoms with E-state index in [-0.39, 0.29) is 17.7 Å². The Morgan fingerprint density at radius 1 is 1.36 bits per heavy atom. The third-order valence-corrected chi connectivity index (χ3v) is 9.00. The molecule has 22 heavy (non-hydrogen) atoms. The summed E-state index contributed by atoms with van der Waals surface area (Å²) < 4.78 is 8.24. The number of aromatic nitrogens is 4. The monoisotopic (exact) mass is 322 g/mol. The molecule has 0 aliphatic carbocycles. The molecule has 1 N–H and O–H groups in total. The zero-order chi connectivity index (χ0) is 16.5. The topological polar surface area (TPSA) is 73.1 Å². The van der Waals surface area contributed by atoms with E-state index in [0.717, 1.165) is 5.65 Å². The average Bonchev–Trinajstić information content (AvgIpc) is 2.82. The Labute approximate surface area is 132 Å². The van der Waals surface area contributed by atoms with Crippen LogP contribution in [0.3, 0.4) is 0 Å². The van der Waals surface area contributed by atoms with Crippen molar-refractivity contribution in [3.05, 3.63) is 18.3 Å². The summed E-state index contributed by atoms with van der Waals surface area (Å²) in [7, 11) is -1.80. The molecule has 2 aromatic rings. The molecule has 0 radical (unpaired) electrons. The molecule has 7 heteroatoms. The third kappa shape index (κ3) is 3.21. The maximum absolute atomic E-state index is 9.56. The van der Waals surface area contributed by atoms with E-state index in [4.69, 9.17) is 4.43 Å². The molecule has 0 aliphatic heterocycles. The zero-order valence-corrected chi connectivity index (χ0v) is 15.3. The molecule has 0 amide bonds. The first-order chi connectivity index (χ1) is 10.2. The van der Waals surface area contributed by atoms with Crippen LogP contribution in [0.1, 0.15) is 39.6 Å². The van der Waals surface area contributed by atoms with Crippen LogP contribution in [0.4, 0.5) is 0 Å². The van der Waals surface area contributed by atoms with Crippen LogP contribution in [0.15, 0.2) is 12.5 Å². The van der Waals surface area contributed by atoms with Crippen molar-refractivity contribution in [1.82, 2.24) is 19.5 Å². The molecule has 0 spiro atoms. The lowest BCUT2D eigenvalue weighted by Crippen LogP contribution is -2.42. The molecule has 0 aliphatic rings. The van der Waals surface area contributed by atoms with E-state index in [9.17, 15) is 5.11 Å². The predicted octanol–water partition coefficient (Wildman–Crippen LogP) is 2.90. The average molecular weight is 322 g/mol. The molecule has 0 bridgehead atoms. The van der Waals surface area contributed by atoms with Gasteiger partial charge in [0.2, 0.25) is 0 Å². The second-order valence-electron chi connectivity index (χ2n) is 7.21. The molecule has 2 aromatic heterocycles. The number of nitrogens with zero attached hydrogens (tertiary/aromatic N) is 4. The Hall–Kier alpha value is -1.31. The number of aliphatic hydroxyl groups excluding tert-OH is 1. The van der Waals surface area contributed by atoms with Crippen LogP contribution < -0.4 is 0 Å². The Morgan fingerprint density at radius 2 is 2.05 bits per heavy atom. The minimum Gasteiger partial charge on any atom is -0.415 e. The van der Waals surface area contributed by atoms with Gasteiger partial charge in [0.1, 0.15) is 24.3 Å². The predicted molar refractivity (Wildman–Crippen MR) is 89.1 cm³/mol. The van der Waals surface area contributed by atoms with Gasteiger partial charge in [-0.25, -0.2) is 15.0 Å². The van der Waals surface area contributed by atoms with Crippen LogP contribution in [0.2, 0.25) is 18.1 Å². The molecular weight excluding hydrogens is 296 g/mol. The lowest BCUT2D eigenvalue weighted by atomic mass is 10.2. The number of aliphatic hydroxyl groups is 1. The van der Waals surface area contributed by atoms with Gasteiger partial charge in [-0.15, -0.1) is 0 Å². The van der Waals surface area contributed by atoms with Crippen LogP contribution in [-0.4, -0.2) is 39.5 Å². The van der Waals surface area contributed by atoms with E-state index in [1.807, 2.05) is 4.57 Å². The molecule has 122 valence electrons. The molecule has 2 heterocycles. The minimum absolute atomic E-state index is 0.0520. The number of rotatable bonds is 5. The standard InChI is InChI=1S/C15H26N4O2Si/c1-11(9-21-22(5,6)15(2,3)4)19-13(8-20)18-12-7-16-10-17-14(12)19/h7,10-11,20H,8-9H2,1-6H3/t11-/m0/s1. The van der Waals surface area contributed by atoms with Crippen LogP contribution in [-0.2, 0) is 11.0 Å². The van der Waals surface area contributed by atoms with Crippen molar-refractivity contribution in [2.75, 3.05) is 6.61 Å². The van der Waals surface area contributed by atoms with E-state index < -0.39 is 8.32 Å². The van der Waals surface area contributed by atoms with Crippen molar-refractivity contribution in [3.63, 3.8) is 0 Å². The molecule has 0 unspecified atom stereocenters. The van der Waals surface area contributed by atoms with Gasteiger partial charge in [0.15, 0.2) is 14.0 Å². The van der Waals surface area contributed by atoms with Gasteiger partial charge in [-0.2, -0.15) is 0 Å². The number of fused-ring (bicyclic) bond motifs is 1. The van der Waals surface area contributed by atoms with Gasteiger partial charge in [0.05, 0.1) is 18.8 Å². The highest BCUT2D eigenvalue weighted by Crippen LogP contribution is 2.37. The van der Waals surface area contributed by atoms with Crippen LogP contribution in [0, 0.1) is 0 Å². The van der Waals surface area contributed by atoms with Crippen LogP contribution >= 0.6 is 0 Å². The van der Waals surface area contributed by atoms with Gasteiger partial charge in [0.25, 0.3) is 0 Å². The molecule has 0 aromatic carbocycles. The second-order valence-corrected chi connectivity index (χ2v) is 12.0. The van der Waals surface area contributed by atoms with E-state index in [2.05, 4.69) is 55.7 Å². The summed E-state index contributed by atoms with van der Waals surface area (Å²) in [6.45, 7) is 13.7. The lowest BCUT2D eigenvalue weighted by Gasteiger charge is -2.37. The summed E-state index contributed by atoms with van der Waals surface area (Å²) in [6, 6.07) is 0.0520. The lowest BCUT2D eigenvalue weighted by molar-refractivity contribution is 0.223. The van der Waals surface area contributed by atoms with E-state index in [1.165, 1.54) is 6.33 Å². The maximum Gasteiger partial charge on any atom is 0.192 e. The van der Waals surface area contributed by atoms with E-state index in [1.54, 1.807) is 6.20 Å². The van der Waals surface area contributed by atoms with Gasteiger partial charge < -0.3 is 14.1 Å². The smallest absolute Gasteiger partial charge is 0.192 e. The zero-order valence-electron chi connectivity index (χ0n) is 14.3. The summed E-state index contributed by atoms with van der Waals surface area (Å²) in [6.07, 6.45) is 3.17. The van der Waals surface area contributed by atoms with Crippen molar-refractivity contribution >= 4 is 19.5 Å². The Balaban J connectivity index is 2.25. The number of imidazole rings is 1. The van der Waals surface area contributed by atoms with Crippen molar-refractivity contribution in [1.29, 1.82) is 0 Å². The summed E-state index contributed by atoms with van der Waals surface area (Å²) >= 11 is 0. The molecule has 1 atom stereocenters. The number of hydrogen-bond donors (Lipinski definition) is 1. The fraction of sp³-hybridized carbons (Fsp3) is 0.667. The van der Waals surface area contributed by atoms with Gasteiger partial charge in [-0.3, -0.25) is 0 Å². The fourth-order valence-electron chi connectivity index (χ4n) is 2.09. The first-order valence-corrected chi connectivity index (χ1v) is 10.5. The Bertz CT molecular complexity index is 649. The van der Waals surface area contributed by atoms with E-state index in [0.29, 0.717) is 17.9 Å². The highest BCUT2D eigenvalue weighted by Gasteiger charge is 2.37. The highest BCUT2D eigenvalue weighted by atomic mass is 28.4. The number of hydrogen-bond acceptors (Lipinski definition) is 5. The third-order valence-electron chi connectivity index (χ3n) is 4.50. The normalized spacial score (nSPS) is 14.5. The Morgan fingerprint density at radius 3 is 2.64 bits per heavy atom. The van der Waals surface area contributed by atoms with Gasteiger partial charge in [0, 0.05) is 0 Å². The molecular formula is C15H26N4O2Si. The van der Waals surface area contributed by atoms with Gasteiger partial charge in [-0.1, -0.05) is 20.8 Å². The summed E-state index contributed by atoms with van der Waals surface area (Å²) in [4.78, 5) is 12.7. The van der Waals surface area contributed by atoms with Crippen molar-refractivity contribution in [2.24, 2.45) is 0 Å². The summed E-state index contributed by atoms with van der Waals surface area (Å²) in [5, 5.41) is 9.73. The van der Waals surface area contributed by atoms with Crippen molar-refractivity contribution < 1.29 is 9.53 Å². The van der Waals surface area contributed by atoms with Crippen LogP contribution in [0.5, 0.6) is 0 Å². The fourth-order valence-corrected chi connectivity index (χ4v) is 3.18. The van der Waals surface area contributed by atoms with Gasteiger partial charge >= 0.3 is 0 Å². The SMILES string of the molecule is C[C@@H](CO[Si](C)(C)C(C)(C)C)n1c(CO)nc2cncnc21. The largest absolute Gasteiger partial charge is 0.415 e. The first-order valence-electron chi connectivity index (χ1n) is 7.59. The molecule has 6 nitrogen and oxygen atoms in total. The molecule has 0 saturated heterocycles. The maximum atomic E-state index is 9.56. The Kier molecular flexibility index (Phi) is 4.69. The van der Waals surface area contributed by atoms with E-state index >= 15 is 0 Å². The van der Waals surface area contributed by atoms with Crippen molar-refractivity contribution in [2.45, 2.75) is 58.5 Å². The second kappa shape index (κ2) is 6.06. The first kappa shape index (κ1) is 17.0. The van der Waals surface area contributed by atoms with Crippen molar-refractivity contribution in [3.8, 4) is 0 Å². The molecule has 0 fully saturated rings. The van der Waals surface area contributed by atoms with Crippen LogP contribution in [0.25, 0.3) is 11.2 Å². The van der Waals surface area contributed by atoms with Gasteiger partial charge in [-0.05, 0) is 25.1 Å². The summed E-state index contributed by atoms with van der Waals surface area (Å²) in [5.41, 5.74) is 1.44. The molecule has 0 saturated carbocycles. The quantitative estimate of drug-likeness (QED) is 0.857. The highest BCUT2D eigenvalue weighted by molar-refractivity contribution is 6.74. The molecule has 2 rings (SSSR count). The minimum atomic E-state index is -1.80. The summed E-state index contributed by atoms with van der Waals surface area (Å²) in [5.74, 6) is 0.599.